The van der Waals surface area contributed by atoms with Crippen molar-refractivity contribution >= 4 is 17.7 Å². The minimum absolute atomic E-state index is 0.204. The lowest BCUT2D eigenvalue weighted by molar-refractivity contribution is -0.111. The molecule has 2 aromatic carbocycles. The number of methoxy groups -OCH3 is 3. The molecule has 0 saturated heterocycles. The molecule has 0 bridgehead atoms. The van der Waals surface area contributed by atoms with Crippen molar-refractivity contribution in [1.29, 1.82) is 0 Å². The Hall–Kier alpha value is -3.15. The fourth-order valence-corrected chi connectivity index (χ4v) is 3.35. The van der Waals surface area contributed by atoms with E-state index in [0.29, 0.717) is 28.7 Å². The first-order chi connectivity index (χ1) is 14.1. The van der Waals surface area contributed by atoms with Crippen LogP contribution in [0.3, 0.4) is 0 Å². The zero-order valence-corrected chi connectivity index (χ0v) is 17.1. The Balaban J connectivity index is 1.71. The SMILES string of the molecule is COc1ccc(OC)c(/C=C/C(=O)Nc2ccc(OC)c(OC3CCCC3)c2)c1. The second kappa shape index (κ2) is 9.87. The molecular formula is C23H27NO5. The molecule has 1 saturated carbocycles. The van der Waals surface area contributed by atoms with Gasteiger partial charge in [0.05, 0.1) is 27.4 Å². The van der Waals surface area contributed by atoms with Gasteiger partial charge in [-0.05, 0) is 62.1 Å². The van der Waals surface area contributed by atoms with E-state index in [4.69, 9.17) is 18.9 Å². The molecule has 154 valence electrons. The maximum Gasteiger partial charge on any atom is 0.248 e. The molecule has 1 amide bonds. The number of carbonyl (C=O) groups excluding carboxylic acids is 1. The van der Waals surface area contributed by atoms with Crippen molar-refractivity contribution in [3.05, 3.63) is 48.0 Å². The van der Waals surface area contributed by atoms with E-state index in [-0.39, 0.29) is 12.0 Å². The van der Waals surface area contributed by atoms with Gasteiger partial charge in [-0.1, -0.05) is 0 Å². The monoisotopic (exact) mass is 397 g/mol. The van der Waals surface area contributed by atoms with E-state index in [1.165, 1.54) is 18.9 Å². The van der Waals surface area contributed by atoms with Crippen LogP contribution in [-0.4, -0.2) is 33.3 Å². The van der Waals surface area contributed by atoms with Crippen molar-refractivity contribution in [2.24, 2.45) is 0 Å². The number of ether oxygens (including phenoxy) is 4. The molecule has 29 heavy (non-hydrogen) atoms. The van der Waals surface area contributed by atoms with Crippen molar-refractivity contribution < 1.29 is 23.7 Å². The van der Waals surface area contributed by atoms with Crippen LogP contribution in [0.1, 0.15) is 31.2 Å². The van der Waals surface area contributed by atoms with E-state index in [9.17, 15) is 4.79 Å². The molecule has 2 aromatic rings. The highest BCUT2D eigenvalue weighted by Crippen LogP contribution is 2.34. The van der Waals surface area contributed by atoms with Gasteiger partial charge in [0.15, 0.2) is 11.5 Å². The van der Waals surface area contributed by atoms with Gasteiger partial charge in [0, 0.05) is 23.4 Å². The molecule has 6 heteroatoms. The summed E-state index contributed by atoms with van der Waals surface area (Å²) in [6.07, 6.45) is 7.81. The Labute approximate surface area is 171 Å². The molecule has 1 N–H and O–H groups in total. The van der Waals surface area contributed by atoms with E-state index in [1.807, 2.05) is 6.07 Å². The third-order valence-corrected chi connectivity index (χ3v) is 4.88. The summed E-state index contributed by atoms with van der Waals surface area (Å²) in [6.45, 7) is 0. The fraction of sp³-hybridized carbons (Fsp3) is 0.348. The Morgan fingerprint density at radius 3 is 2.34 bits per heavy atom. The summed E-state index contributed by atoms with van der Waals surface area (Å²) < 4.78 is 22.0. The van der Waals surface area contributed by atoms with Crippen LogP contribution < -0.4 is 24.3 Å². The van der Waals surface area contributed by atoms with Gasteiger partial charge < -0.3 is 24.3 Å². The van der Waals surface area contributed by atoms with Crippen molar-refractivity contribution in [2.75, 3.05) is 26.6 Å². The maximum atomic E-state index is 12.4. The average molecular weight is 397 g/mol. The fourth-order valence-electron chi connectivity index (χ4n) is 3.35. The lowest BCUT2D eigenvalue weighted by Crippen LogP contribution is -2.12. The van der Waals surface area contributed by atoms with E-state index >= 15 is 0 Å². The van der Waals surface area contributed by atoms with Crippen LogP contribution in [0.5, 0.6) is 23.0 Å². The van der Waals surface area contributed by atoms with E-state index in [2.05, 4.69) is 5.32 Å². The second-order valence-corrected chi connectivity index (χ2v) is 6.82. The Kier molecular flexibility index (Phi) is 7.00. The van der Waals surface area contributed by atoms with Gasteiger partial charge in [0.1, 0.15) is 11.5 Å². The molecule has 0 heterocycles. The number of rotatable bonds is 8. The molecule has 0 unspecified atom stereocenters. The highest BCUT2D eigenvalue weighted by Gasteiger charge is 2.18. The predicted molar refractivity (Wildman–Crippen MR) is 113 cm³/mol. The first kappa shape index (κ1) is 20.6. The van der Waals surface area contributed by atoms with Crippen LogP contribution in [0.2, 0.25) is 0 Å². The lowest BCUT2D eigenvalue weighted by atomic mass is 10.1. The van der Waals surface area contributed by atoms with Crippen LogP contribution in [0.25, 0.3) is 6.08 Å². The molecule has 1 fully saturated rings. The third kappa shape index (κ3) is 5.44. The standard InChI is InChI=1S/C23H27NO5/c1-26-19-10-12-20(27-2)16(14-19)8-13-23(25)24-17-9-11-21(28-3)22(15-17)29-18-6-4-5-7-18/h8-15,18H,4-7H2,1-3H3,(H,24,25)/b13-8+. The molecular weight excluding hydrogens is 370 g/mol. The molecule has 0 atom stereocenters. The number of carbonyl (C=O) groups is 1. The minimum Gasteiger partial charge on any atom is -0.497 e. The Bertz CT molecular complexity index is 872. The highest BCUT2D eigenvalue weighted by molar-refractivity contribution is 6.02. The summed E-state index contributed by atoms with van der Waals surface area (Å²) in [5, 5.41) is 2.86. The van der Waals surface area contributed by atoms with Crippen molar-refractivity contribution in [3.8, 4) is 23.0 Å². The predicted octanol–water partition coefficient (Wildman–Crippen LogP) is 4.69. The summed E-state index contributed by atoms with van der Waals surface area (Å²) in [5.74, 6) is 2.40. The summed E-state index contributed by atoms with van der Waals surface area (Å²) in [7, 11) is 4.79. The van der Waals surface area contributed by atoms with Crippen molar-refractivity contribution in [2.45, 2.75) is 31.8 Å². The summed E-state index contributed by atoms with van der Waals surface area (Å²) in [4.78, 5) is 12.4. The number of anilines is 1. The quantitative estimate of drug-likeness (QED) is 0.655. The van der Waals surface area contributed by atoms with Crippen LogP contribution in [-0.2, 0) is 4.79 Å². The maximum absolute atomic E-state index is 12.4. The molecule has 0 aliphatic heterocycles. The van der Waals surface area contributed by atoms with Crippen LogP contribution in [0.4, 0.5) is 5.69 Å². The number of nitrogens with one attached hydrogen (secondary N) is 1. The van der Waals surface area contributed by atoms with Gasteiger partial charge in [-0.25, -0.2) is 0 Å². The topological polar surface area (TPSA) is 66.0 Å². The molecule has 1 aliphatic carbocycles. The van der Waals surface area contributed by atoms with Gasteiger partial charge >= 0.3 is 0 Å². The first-order valence-corrected chi connectivity index (χ1v) is 9.68. The first-order valence-electron chi connectivity index (χ1n) is 9.68. The molecule has 0 aromatic heterocycles. The van der Waals surface area contributed by atoms with Gasteiger partial charge in [-0.3, -0.25) is 4.79 Å². The molecule has 1 aliphatic rings. The van der Waals surface area contributed by atoms with Crippen molar-refractivity contribution in [1.82, 2.24) is 0 Å². The van der Waals surface area contributed by atoms with E-state index in [1.54, 1.807) is 57.7 Å². The smallest absolute Gasteiger partial charge is 0.248 e. The Morgan fingerprint density at radius 1 is 0.931 bits per heavy atom. The number of hydrogen-bond donors (Lipinski definition) is 1. The molecule has 0 radical (unpaired) electrons. The molecule has 0 spiro atoms. The average Bonchev–Trinajstić information content (AvgIpc) is 3.25. The summed E-state index contributed by atoms with van der Waals surface area (Å²) in [5.41, 5.74) is 1.40. The zero-order valence-electron chi connectivity index (χ0n) is 17.1. The second-order valence-electron chi connectivity index (χ2n) is 6.82. The van der Waals surface area contributed by atoms with Crippen LogP contribution in [0, 0.1) is 0 Å². The van der Waals surface area contributed by atoms with E-state index in [0.717, 1.165) is 18.4 Å². The summed E-state index contributed by atoms with van der Waals surface area (Å²) in [6, 6.07) is 10.8. The van der Waals surface area contributed by atoms with E-state index < -0.39 is 0 Å². The lowest BCUT2D eigenvalue weighted by Gasteiger charge is -2.17. The van der Waals surface area contributed by atoms with Gasteiger partial charge in [-0.2, -0.15) is 0 Å². The molecule has 6 nitrogen and oxygen atoms in total. The van der Waals surface area contributed by atoms with Crippen molar-refractivity contribution in [3.63, 3.8) is 0 Å². The number of hydrogen-bond acceptors (Lipinski definition) is 5. The Morgan fingerprint density at radius 2 is 1.66 bits per heavy atom. The highest BCUT2D eigenvalue weighted by atomic mass is 16.5. The van der Waals surface area contributed by atoms with Gasteiger partial charge in [0.2, 0.25) is 5.91 Å². The summed E-state index contributed by atoms with van der Waals surface area (Å²) >= 11 is 0. The number of amides is 1. The molecule has 3 rings (SSSR count). The van der Waals surface area contributed by atoms with Crippen LogP contribution in [0.15, 0.2) is 42.5 Å². The van der Waals surface area contributed by atoms with Crippen LogP contribution >= 0.6 is 0 Å². The number of benzene rings is 2. The zero-order chi connectivity index (χ0) is 20.6. The van der Waals surface area contributed by atoms with Gasteiger partial charge in [-0.15, -0.1) is 0 Å². The third-order valence-electron chi connectivity index (χ3n) is 4.88. The minimum atomic E-state index is -0.258. The van der Waals surface area contributed by atoms with Gasteiger partial charge in [0.25, 0.3) is 0 Å². The largest absolute Gasteiger partial charge is 0.497 e. The normalized spacial score (nSPS) is 14.0.